The maximum Gasteiger partial charge on any atom is 0.261 e. The average Bonchev–Trinajstić information content (AvgIpc) is 3.02. The molecule has 1 N–H and O–H groups in total. The molecule has 0 saturated heterocycles. The molecule has 7 nitrogen and oxygen atoms in total. The summed E-state index contributed by atoms with van der Waals surface area (Å²) >= 11 is 0. The third-order valence-corrected chi connectivity index (χ3v) is 5.47. The summed E-state index contributed by atoms with van der Waals surface area (Å²) in [6, 6.07) is 13.6. The highest BCUT2D eigenvalue weighted by Gasteiger charge is 2.16. The summed E-state index contributed by atoms with van der Waals surface area (Å²) in [5.74, 6) is -0.175. The first-order chi connectivity index (χ1) is 14.8. The Labute approximate surface area is 180 Å². The van der Waals surface area contributed by atoms with Crippen molar-refractivity contribution in [2.24, 2.45) is 0 Å². The lowest BCUT2D eigenvalue weighted by molar-refractivity contribution is -0.116. The first-order valence-corrected chi connectivity index (χ1v) is 10.2. The molecule has 0 aliphatic carbocycles. The molecule has 0 unspecified atom stereocenters. The van der Waals surface area contributed by atoms with Crippen molar-refractivity contribution >= 4 is 22.5 Å². The van der Waals surface area contributed by atoms with Crippen LogP contribution in [-0.4, -0.2) is 25.2 Å². The first-order valence-electron chi connectivity index (χ1n) is 10.2. The van der Waals surface area contributed by atoms with Gasteiger partial charge in [0.05, 0.1) is 40.0 Å². The van der Waals surface area contributed by atoms with Gasteiger partial charge in [-0.1, -0.05) is 29.8 Å². The number of carbonyl (C=O) groups is 1. The Morgan fingerprint density at radius 3 is 2.52 bits per heavy atom. The number of para-hydroxylation sites is 1. The van der Waals surface area contributed by atoms with Crippen LogP contribution in [-0.2, 0) is 11.3 Å². The highest BCUT2D eigenvalue weighted by atomic mass is 16.2. The molecular weight excluding hydrogens is 390 g/mol. The molecule has 7 heteroatoms. The third kappa shape index (κ3) is 3.99. The van der Waals surface area contributed by atoms with Crippen LogP contribution in [0.1, 0.15) is 28.9 Å². The zero-order valence-corrected chi connectivity index (χ0v) is 18.1. The first kappa shape index (κ1) is 20.5. The normalized spacial score (nSPS) is 11.1. The van der Waals surface area contributed by atoms with E-state index >= 15 is 0 Å². The zero-order chi connectivity index (χ0) is 22.1. The predicted molar refractivity (Wildman–Crippen MR) is 122 cm³/mol. The van der Waals surface area contributed by atoms with Gasteiger partial charge >= 0.3 is 0 Å². The van der Waals surface area contributed by atoms with Crippen LogP contribution < -0.4 is 10.9 Å². The molecule has 2 aromatic carbocycles. The lowest BCUT2D eigenvalue weighted by Crippen LogP contribution is -2.24. The Balaban J connectivity index is 1.50. The molecule has 2 aromatic heterocycles. The number of carbonyl (C=O) groups excluding carboxylic acids is 1. The van der Waals surface area contributed by atoms with Crippen LogP contribution >= 0.6 is 0 Å². The number of rotatable bonds is 5. The summed E-state index contributed by atoms with van der Waals surface area (Å²) in [4.78, 5) is 29.7. The standard InChI is InChI=1S/C24H25N5O2/c1-15-8-10-19(11-9-15)29-18(4)23(17(3)27-29)26-21(30)12-13-28-14-25-22-16(2)6-5-7-20(22)24(28)31/h5-11,14H,12-13H2,1-4H3,(H,26,30). The molecule has 0 spiro atoms. The van der Waals surface area contributed by atoms with Gasteiger partial charge in [0.15, 0.2) is 0 Å². The highest BCUT2D eigenvalue weighted by molar-refractivity contribution is 5.92. The molecule has 1 amide bonds. The van der Waals surface area contributed by atoms with E-state index in [0.717, 1.165) is 22.6 Å². The van der Waals surface area contributed by atoms with Crippen molar-refractivity contribution in [3.8, 4) is 5.69 Å². The van der Waals surface area contributed by atoms with E-state index < -0.39 is 0 Å². The molecule has 0 bridgehead atoms. The van der Waals surface area contributed by atoms with Gasteiger partial charge in [-0.3, -0.25) is 14.2 Å². The Kier molecular flexibility index (Phi) is 5.42. The van der Waals surface area contributed by atoms with E-state index in [0.29, 0.717) is 16.6 Å². The number of nitrogens with one attached hydrogen (secondary N) is 1. The molecule has 0 radical (unpaired) electrons. The summed E-state index contributed by atoms with van der Waals surface area (Å²) < 4.78 is 3.31. The van der Waals surface area contributed by atoms with Gasteiger partial charge in [-0.15, -0.1) is 0 Å². The molecule has 31 heavy (non-hydrogen) atoms. The maximum absolute atomic E-state index is 12.7. The average molecular weight is 415 g/mol. The second-order valence-electron chi connectivity index (χ2n) is 7.81. The van der Waals surface area contributed by atoms with Crippen LogP contribution in [0.4, 0.5) is 5.69 Å². The Bertz CT molecular complexity index is 1330. The summed E-state index contributed by atoms with van der Waals surface area (Å²) in [6.07, 6.45) is 1.67. The second-order valence-corrected chi connectivity index (χ2v) is 7.81. The molecule has 2 heterocycles. The second kappa shape index (κ2) is 8.18. The molecular formula is C24H25N5O2. The zero-order valence-electron chi connectivity index (χ0n) is 18.1. The molecule has 0 atom stereocenters. The molecule has 158 valence electrons. The Morgan fingerprint density at radius 1 is 1.03 bits per heavy atom. The summed E-state index contributed by atoms with van der Waals surface area (Å²) in [7, 11) is 0. The Morgan fingerprint density at radius 2 is 1.77 bits per heavy atom. The highest BCUT2D eigenvalue weighted by Crippen LogP contribution is 2.23. The number of nitrogens with zero attached hydrogens (tertiary/aromatic N) is 4. The topological polar surface area (TPSA) is 81.8 Å². The van der Waals surface area contributed by atoms with E-state index in [-0.39, 0.29) is 24.4 Å². The quantitative estimate of drug-likeness (QED) is 0.537. The van der Waals surface area contributed by atoms with Gasteiger partial charge in [0.1, 0.15) is 0 Å². The fraction of sp³-hybridized carbons (Fsp3) is 0.250. The maximum atomic E-state index is 12.7. The molecule has 0 saturated carbocycles. The molecule has 0 aliphatic rings. The molecule has 0 fully saturated rings. The Hall–Kier alpha value is -3.74. The van der Waals surface area contributed by atoms with Gasteiger partial charge in [0, 0.05) is 13.0 Å². The van der Waals surface area contributed by atoms with Crippen LogP contribution in [0.25, 0.3) is 16.6 Å². The van der Waals surface area contributed by atoms with Gasteiger partial charge in [-0.05, 0) is 51.5 Å². The fourth-order valence-electron chi connectivity index (χ4n) is 3.68. The number of amides is 1. The van der Waals surface area contributed by atoms with Crippen molar-refractivity contribution in [3.05, 3.63) is 81.7 Å². The smallest absolute Gasteiger partial charge is 0.261 e. The lowest BCUT2D eigenvalue weighted by Gasteiger charge is -2.09. The SMILES string of the molecule is Cc1ccc(-n2nc(C)c(NC(=O)CCn3cnc4c(C)cccc4c3=O)c2C)cc1. The summed E-state index contributed by atoms with van der Waals surface area (Å²) in [6.45, 7) is 8.01. The van der Waals surface area contributed by atoms with Gasteiger partial charge in [-0.25, -0.2) is 9.67 Å². The predicted octanol–water partition coefficient (Wildman–Crippen LogP) is 3.84. The van der Waals surface area contributed by atoms with Crippen LogP contribution in [0.15, 0.2) is 53.6 Å². The van der Waals surface area contributed by atoms with Crippen molar-refractivity contribution < 1.29 is 4.79 Å². The number of aromatic nitrogens is 4. The van der Waals surface area contributed by atoms with E-state index in [1.807, 2.05) is 68.8 Å². The van der Waals surface area contributed by atoms with Crippen molar-refractivity contribution in [2.75, 3.05) is 5.32 Å². The van der Waals surface area contributed by atoms with E-state index in [4.69, 9.17) is 0 Å². The number of hydrogen-bond acceptors (Lipinski definition) is 4. The minimum Gasteiger partial charge on any atom is -0.323 e. The lowest BCUT2D eigenvalue weighted by atomic mass is 10.1. The fourth-order valence-corrected chi connectivity index (χ4v) is 3.68. The number of hydrogen-bond donors (Lipinski definition) is 1. The van der Waals surface area contributed by atoms with Crippen molar-refractivity contribution in [1.29, 1.82) is 0 Å². The summed E-state index contributed by atoms with van der Waals surface area (Å²) in [5, 5.41) is 8.10. The van der Waals surface area contributed by atoms with Crippen LogP contribution in [0.5, 0.6) is 0 Å². The molecule has 4 aromatic rings. The van der Waals surface area contributed by atoms with E-state index in [9.17, 15) is 9.59 Å². The number of fused-ring (bicyclic) bond motifs is 1. The van der Waals surface area contributed by atoms with Crippen molar-refractivity contribution in [3.63, 3.8) is 0 Å². The van der Waals surface area contributed by atoms with E-state index in [1.165, 1.54) is 16.5 Å². The number of benzene rings is 2. The summed E-state index contributed by atoms with van der Waals surface area (Å²) in [5.41, 5.74) is 5.93. The van der Waals surface area contributed by atoms with Gasteiger partial charge in [-0.2, -0.15) is 5.10 Å². The van der Waals surface area contributed by atoms with Crippen molar-refractivity contribution in [2.45, 2.75) is 40.7 Å². The van der Waals surface area contributed by atoms with Gasteiger partial charge in [0.25, 0.3) is 5.56 Å². The minimum absolute atomic E-state index is 0.138. The molecule has 0 aliphatic heterocycles. The van der Waals surface area contributed by atoms with Gasteiger partial charge < -0.3 is 5.32 Å². The van der Waals surface area contributed by atoms with Crippen LogP contribution in [0.3, 0.4) is 0 Å². The molecule has 4 rings (SSSR count). The van der Waals surface area contributed by atoms with Crippen molar-refractivity contribution in [1.82, 2.24) is 19.3 Å². The van der Waals surface area contributed by atoms with Crippen LogP contribution in [0, 0.1) is 27.7 Å². The van der Waals surface area contributed by atoms with Crippen LogP contribution in [0.2, 0.25) is 0 Å². The number of aryl methyl sites for hydroxylation is 4. The minimum atomic E-state index is -0.175. The third-order valence-electron chi connectivity index (χ3n) is 5.47. The monoisotopic (exact) mass is 415 g/mol. The van der Waals surface area contributed by atoms with E-state index in [2.05, 4.69) is 15.4 Å². The largest absolute Gasteiger partial charge is 0.323 e. The van der Waals surface area contributed by atoms with Gasteiger partial charge in [0.2, 0.25) is 5.91 Å². The van der Waals surface area contributed by atoms with E-state index in [1.54, 1.807) is 6.07 Å². The number of anilines is 1.